The Hall–Kier alpha value is -2.84. The predicted octanol–water partition coefficient (Wildman–Crippen LogP) is 5.11. The smallest absolute Gasteiger partial charge is 0.182 e. The highest BCUT2D eigenvalue weighted by atomic mass is 35.5. The van der Waals surface area contributed by atoms with Crippen molar-refractivity contribution in [3.8, 4) is 16.9 Å². The summed E-state index contributed by atoms with van der Waals surface area (Å²) in [7, 11) is 0. The Kier molecular flexibility index (Phi) is 4.98. The SMILES string of the molecule is CC(C)(Oc1ccc(Cl)cc1)C(=O)C1C=c2c(ccc3c2=CCc2ccccc2-3)CC1. The van der Waals surface area contributed by atoms with Gasteiger partial charge in [0.2, 0.25) is 0 Å². The zero-order valence-electron chi connectivity index (χ0n) is 17.8. The van der Waals surface area contributed by atoms with Crippen molar-refractivity contribution in [3.63, 3.8) is 0 Å². The van der Waals surface area contributed by atoms with Crippen molar-refractivity contribution in [3.05, 3.63) is 87.3 Å². The molecule has 0 spiro atoms. The highest BCUT2D eigenvalue weighted by Gasteiger charge is 2.35. The zero-order chi connectivity index (χ0) is 21.6. The molecule has 31 heavy (non-hydrogen) atoms. The Bertz CT molecular complexity index is 1290. The molecule has 0 N–H and O–H groups in total. The van der Waals surface area contributed by atoms with Gasteiger partial charge in [-0.15, -0.1) is 0 Å². The largest absolute Gasteiger partial charge is 0.480 e. The fraction of sp³-hybridized carbons (Fsp3) is 0.250. The fourth-order valence-electron chi connectivity index (χ4n) is 4.82. The molecule has 3 heteroatoms. The van der Waals surface area contributed by atoms with Gasteiger partial charge in [0.15, 0.2) is 11.4 Å². The molecule has 2 nitrogen and oxygen atoms in total. The van der Waals surface area contributed by atoms with Gasteiger partial charge in [0.05, 0.1) is 0 Å². The number of hydrogen-bond donors (Lipinski definition) is 0. The van der Waals surface area contributed by atoms with Crippen LogP contribution in [0.15, 0.2) is 60.7 Å². The van der Waals surface area contributed by atoms with Crippen molar-refractivity contribution < 1.29 is 9.53 Å². The number of rotatable bonds is 4. The molecule has 3 aromatic carbocycles. The summed E-state index contributed by atoms with van der Waals surface area (Å²) in [4.78, 5) is 13.5. The van der Waals surface area contributed by atoms with Crippen LogP contribution in [0.5, 0.6) is 5.75 Å². The number of ether oxygens (including phenoxy) is 1. The molecule has 5 rings (SSSR count). The monoisotopic (exact) mass is 428 g/mol. The summed E-state index contributed by atoms with van der Waals surface area (Å²) >= 11 is 5.97. The number of halogens is 1. The number of fused-ring (bicyclic) bond motifs is 5. The van der Waals surface area contributed by atoms with E-state index in [-0.39, 0.29) is 11.7 Å². The molecule has 0 heterocycles. The standard InChI is InChI=1S/C28H25ClO2/c1-28(2,31-22-13-11-21(29)12-14-22)27(30)20-8-7-19-10-15-24-23-6-4-3-5-18(23)9-16-25(24)26(19)17-20/h3-6,10-17,20H,7-9H2,1-2H3. The van der Waals surface area contributed by atoms with E-state index in [1.54, 1.807) is 24.3 Å². The van der Waals surface area contributed by atoms with Gasteiger partial charge in [0.1, 0.15) is 5.75 Å². The molecule has 2 aliphatic rings. The zero-order valence-corrected chi connectivity index (χ0v) is 18.6. The van der Waals surface area contributed by atoms with Crippen LogP contribution >= 0.6 is 11.6 Å². The minimum Gasteiger partial charge on any atom is -0.480 e. The van der Waals surface area contributed by atoms with Gasteiger partial charge in [-0.05, 0) is 90.1 Å². The maximum Gasteiger partial charge on any atom is 0.182 e. The molecule has 0 aromatic heterocycles. The van der Waals surface area contributed by atoms with E-state index >= 15 is 0 Å². The molecule has 2 aliphatic carbocycles. The third-order valence-electron chi connectivity index (χ3n) is 6.42. The summed E-state index contributed by atoms with van der Waals surface area (Å²) in [5, 5.41) is 3.14. The summed E-state index contributed by atoms with van der Waals surface area (Å²) in [5.74, 6) is 0.607. The van der Waals surface area contributed by atoms with E-state index in [1.165, 1.54) is 32.7 Å². The Balaban J connectivity index is 1.51. The lowest BCUT2D eigenvalue weighted by Gasteiger charge is -2.30. The number of benzene rings is 3. The van der Waals surface area contributed by atoms with Crippen molar-refractivity contribution in [2.24, 2.45) is 5.92 Å². The molecule has 1 atom stereocenters. The van der Waals surface area contributed by atoms with E-state index in [0.717, 1.165) is 19.3 Å². The van der Waals surface area contributed by atoms with Crippen LogP contribution in [-0.4, -0.2) is 11.4 Å². The van der Waals surface area contributed by atoms with Crippen LogP contribution in [-0.2, 0) is 17.6 Å². The summed E-state index contributed by atoms with van der Waals surface area (Å²) in [6.07, 6.45) is 7.14. The number of carbonyl (C=O) groups is 1. The molecular formula is C28H25ClO2. The molecule has 0 aliphatic heterocycles. The van der Waals surface area contributed by atoms with Crippen LogP contribution < -0.4 is 15.2 Å². The Morgan fingerprint density at radius 2 is 1.71 bits per heavy atom. The lowest BCUT2D eigenvalue weighted by Crippen LogP contribution is -2.45. The second kappa shape index (κ2) is 7.69. The van der Waals surface area contributed by atoms with Gasteiger partial charge < -0.3 is 4.74 Å². The molecule has 1 unspecified atom stereocenters. The summed E-state index contributed by atoms with van der Waals surface area (Å²) in [6, 6.07) is 20.2. The van der Waals surface area contributed by atoms with Crippen LogP contribution in [0, 0.1) is 5.92 Å². The number of ketones is 1. The van der Waals surface area contributed by atoms with E-state index in [4.69, 9.17) is 16.3 Å². The maximum absolute atomic E-state index is 13.5. The van der Waals surface area contributed by atoms with Crippen LogP contribution in [0.25, 0.3) is 23.3 Å². The van der Waals surface area contributed by atoms with E-state index < -0.39 is 5.60 Å². The summed E-state index contributed by atoms with van der Waals surface area (Å²) in [5.41, 5.74) is 4.33. The number of carbonyl (C=O) groups excluding carboxylic acids is 1. The highest BCUT2D eigenvalue weighted by molar-refractivity contribution is 6.30. The lowest BCUT2D eigenvalue weighted by molar-refractivity contribution is -0.134. The van der Waals surface area contributed by atoms with Gasteiger partial charge in [-0.25, -0.2) is 0 Å². The first-order chi connectivity index (χ1) is 14.9. The molecule has 3 aromatic rings. The number of hydrogen-bond acceptors (Lipinski definition) is 2. The average Bonchev–Trinajstić information content (AvgIpc) is 2.79. The fourth-order valence-corrected chi connectivity index (χ4v) is 4.95. The molecular weight excluding hydrogens is 404 g/mol. The Morgan fingerprint density at radius 3 is 2.52 bits per heavy atom. The summed E-state index contributed by atoms with van der Waals surface area (Å²) in [6.45, 7) is 3.71. The van der Waals surface area contributed by atoms with Gasteiger partial charge in [-0.2, -0.15) is 0 Å². The predicted molar refractivity (Wildman–Crippen MR) is 127 cm³/mol. The number of Topliss-reactive ketones (excluding diaryl/α,β-unsaturated/α-hetero) is 1. The second-order valence-corrected chi connectivity index (χ2v) is 9.34. The lowest BCUT2D eigenvalue weighted by atomic mass is 9.80. The van der Waals surface area contributed by atoms with Crippen molar-refractivity contribution >= 4 is 29.5 Å². The third-order valence-corrected chi connectivity index (χ3v) is 6.67. The molecule has 0 saturated carbocycles. The van der Waals surface area contributed by atoms with E-state index in [1.807, 2.05) is 13.8 Å². The van der Waals surface area contributed by atoms with Crippen molar-refractivity contribution in [2.75, 3.05) is 0 Å². The van der Waals surface area contributed by atoms with Crippen molar-refractivity contribution in [1.29, 1.82) is 0 Å². The van der Waals surface area contributed by atoms with Crippen molar-refractivity contribution in [1.82, 2.24) is 0 Å². The molecule has 0 radical (unpaired) electrons. The molecule has 0 fully saturated rings. The molecule has 0 saturated heterocycles. The molecule has 0 bridgehead atoms. The van der Waals surface area contributed by atoms with Crippen LogP contribution in [0.1, 0.15) is 31.4 Å². The average molecular weight is 429 g/mol. The first-order valence-electron chi connectivity index (χ1n) is 10.8. The highest BCUT2D eigenvalue weighted by Crippen LogP contribution is 2.28. The van der Waals surface area contributed by atoms with Crippen LogP contribution in [0.4, 0.5) is 0 Å². The van der Waals surface area contributed by atoms with Gasteiger partial charge in [-0.3, -0.25) is 4.79 Å². The maximum atomic E-state index is 13.5. The minimum atomic E-state index is -0.919. The van der Waals surface area contributed by atoms with Gasteiger partial charge >= 0.3 is 0 Å². The second-order valence-electron chi connectivity index (χ2n) is 8.91. The molecule has 156 valence electrons. The normalized spacial score (nSPS) is 16.8. The van der Waals surface area contributed by atoms with E-state index in [9.17, 15) is 4.79 Å². The first-order valence-corrected chi connectivity index (χ1v) is 11.2. The van der Waals surface area contributed by atoms with Crippen LogP contribution in [0.3, 0.4) is 0 Å². The molecule has 0 amide bonds. The van der Waals surface area contributed by atoms with E-state index in [2.05, 4.69) is 48.6 Å². The van der Waals surface area contributed by atoms with Crippen molar-refractivity contribution in [2.45, 2.75) is 38.7 Å². The Morgan fingerprint density at radius 1 is 0.935 bits per heavy atom. The summed E-state index contributed by atoms with van der Waals surface area (Å²) < 4.78 is 6.08. The first kappa shape index (κ1) is 20.1. The topological polar surface area (TPSA) is 26.3 Å². The minimum absolute atomic E-state index is 0.113. The van der Waals surface area contributed by atoms with E-state index in [0.29, 0.717) is 10.8 Å². The quantitative estimate of drug-likeness (QED) is 0.577. The third kappa shape index (κ3) is 3.70. The van der Waals surface area contributed by atoms with Gasteiger partial charge in [0, 0.05) is 10.9 Å². The van der Waals surface area contributed by atoms with Crippen LogP contribution in [0.2, 0.25) is 5.02 Å². The number of aryl methyl sites for hydroxylation is 1. The van der Waals surface area contributed by atoms with Gasteiger partial charge in [0.25, 0.3) is 0 Å². The Labute approximate surface area is 187 Å². The van der Waals surface area contributed by atoms with Gasteiger partial charge in [-0.1, -0.05) is 60.2 Å².